The molecule has 5 nitrogen and oxygen atoms in total. The van der Waals surface area contributed by atoms with Gasteiger partial charge in [0.1, 0.15) is 0 Å². The van der Waals surface area contributed by atoms with Crippen molar-refractivity contribution in [2.45, 2.75) is 51.6 Å². The molecule has 134 valence electrons. The third-order valence-electron chi connectivity index (χ3n) is 4.81. The number of nitrogens with zero attached hydrogens (tertiary/aromatic N) is 1. The molecule has 1 fully saturated rings. The van der Waals surface area contributed by atoms with Gasteiger partial charge in [0, 0.05) is 19.2 Å². The van der Waals surface area contributed by atoms with E-state index in [2.05, 4.69) is 46.7 Å². The van der Waals surface area contributed by atoms with Gasteiger partial charge in [-0.05, 0) is 51.3 Å². The molecule has 0 saturated carbocycles. The molecule has 0 bridgehead atoms. The standard InChI is InChI=1S/C19H31N3O2/c1-3-17(10-13-23)21-19(24)20-14-18(22-11-4-5-12-22)16-8-6-15(2)7-9-16/h6-9,17-18,23H,3-5,10-14H2,1-2H3,(H2,20,21,24). The fourth-order valence-corrected chi connectivity index (χ4v) is 3.26. The Morgan fingerprint density at radius 1 is 1.25 bits per heavy atom. The summed E-state index contributed by atoms with van der Waals surface area (Å²) in [7, 11) is 0. The van der Waals surface area contributed by atoms with Crippen molar-refractivity contribution in [3.63, 3.8) is 0 Å². The summed E-state index contributed by atoms with van der Waals surface area (Å²) in [5.74, 6) is 0. The van der Waals surface area contributed by atoms with Crippen LogP contribution in [0.1, 0.15) is 49.8 Å². The van der Waals surface area contributed by atoms with Crippen LogP contribution in [-0.2, 0) is 0 Å². The van der Waals surface area contributed by atoms with Gasteiger partial charge in [-0.3, -0.25) is 4.90 Å². The monoisotopic (exact) mass is 333 g/mol. The molecule has 1 aliphatic rings. The zero-order valence-corrected chi connectivity index (χ0v) is 14.9. The van der Waals surface area contributed by atoms with E-state index in [1.54, 1.807) is 0 Å². The predicted molar refractivity (Wildman–Crippen MR) is 97.0 cm³/mol. The number of nitrogens with one attached hydrogen (secondary N) is 2. The number of carbonyl (C=O) groups excluding carboxylic acids is 1. The molecule has 1 saturated heterocycles. The smallest absolute Gasteiger partial charge is 0.315 e. The second-order valence-electron chi connectivity index (χ2n) is 6.64. The third kappa shape index (κ3) is 5.49. The number of likely N-dealkylation sites (tertiary alicyclic amines) is 1. The summed E-state index contributed by atoms with van der Waals surface area (Å²) in [6, 6.07) is 8.69. The van der Waals surface area contributed by atoms with Gasteiger partial charge in [0.25, 0.3) is 0 Å². The van der Waals surface area contributed by atoms with Crippen LogP contribution in [0.2, 0.25) is 0 Å². The van der Waals surface area contributed by atoms with Crippen LogP contribution >= 0.6 is 0 Å². The second-order valence-corrected chi connectivity index (χ2v) is 6.64. The van der Waals surface area contributed by atoms with E-state index in [0.717, 1.165) is 19.5 Å². The van der Waals surface area contributed by atoms with Gasteiger partial charge in [-0.1, -0.05) is 36.8 Å². The molecule has 1 aromatic rings. The summed E-state index contributed by atoms with van der Waals surface area (Å²) in [5.41, 5.74) is 2.50. The number of hydrogen-bond acceptors (Lipinski definition) is 3. The Balaban J connectivity index is 1.95. The fraction of sp³-hybridized carbons (Fsp3) is 0.632. The fourth-order valence-electron chi connectivity index (χ4n) is 3.26. The van der Waals surface area contributed by atoms with Gasteiger partial charge in [0.2, 0.25) is 0 Å². The van der Waals surface area contributed by atoms with Crippen molar-refractivity contribution in [3.05, 3.63) is 35.4 Å². The van der Waals surface area contributed by atoms with E-state index < -0.39 is 0 Å². The molecule has 1 heterocycles. The summed E-state index contributed by atoms with van der Waals surface area (Å²) in [6.45, 7) is 6.98. The summed E-state index contributed by atoms with van der Waals surface area (Å²) in [5, 5.41) is 15.0. The largest absolute Gasteiger partial charge is 0.396 e. The molecule has 2 unspecified atom stereocenters. The van der Waals surface area contributed by atoms with Crippen LogP contribution in [0.5, 0.6) is 0 Å². The number of aryl methyl sites for hydroxylation is 1. The average molecular weight is 333 g/mol. The van der Waals surface area contributed by atoms with Crippen LogP contribution in [-0.4, -0.2) is 48.3 Å². The molecule has 2 atom stereocenters. The van der Waals surface area contributed by atoms with Crippen molar-refractivity contribution < 1.29 is 9.90 Å². The Bertz CT molecular complexity index is 498. The van der Waals surface area contributed by atoms with Crippen LogP contribution < -0.4 is 10.6 Å². The summed E-state index contributed by atoms with van der Waals surface area (Å²) in [6.07, 6.45) is 3.87. The highest BCUT2D eigenvalue weighted by atomic mass is 16.3. The van der Waals surface area contributed by atoms with E-state index in [1.165, 1.54) is 24.0 Å². The van der Waals surface area contributed by atoms with E-state index in [1.807, 2.05) is 6.92 Å². The summed E-state index contributed by atoms with van der Waals surface area (Å²) >= 11 is 0. The van der Waals surface area contributed by atoms with Gasteiger partial charge in [-0.15, -0.1) is 0 Å². The maximum absolute atomic E-state index is 12.2. The van der Waals surface area contributed by atoms with Crippen LogP contribution in [0.4, 0.5) is 4.79 Å². The minimum Gasteiger partial charge on any atom is -0.396 e. The molecule has 0 aromatic heterocycles. The first-order valence-electron chi connectivity index (χ1n) is 9.10. The summed E-state index contributed by atoms with van der Waals surface area (Å²) in [4.78, 5) is 14.6. The van der Waals surface area contributed by atoms with Gasteiger partial charge in [-0.2, -0.15) is 0 Å². The lowest BCUT2D eigenvalue weighted by atomic mass is 10.0. The highest BCUT2D eigenvalue weighted by Gasteiger charge is 2.24. The SMILES string of the molecule is CCC(CCO)NC(=O)NCC(c1ccc(C)cc1)N1CCCC1. The molecule has 2 amide bonds. The molecule has 0 radical (unpaired) electrons. The van der Waals surface area contributed by atoms with Crippen LogP contribution in [0.3, 0.4) is 0 Å². The van der Waals surface area contributed by atoms with E-state index in [4.69, 9.17) is 5.11 Å². The minimum absolute atomic E-state index is 0.0274. The minimum atomic E-state index is -0.147. The molecule has 24 heavy (non-hydrogen) atoms. The topological polar surface area (TPSA) is 64.6 Å². The number of benzene rings is 1. The Morgan fingerprint density at radius 2 is 1.92 bits per heavy atom. The van der Waals surface area contributed by atoms with Crippen LogP contribution in [0, 0.1) is 6.92 Å². The number of rotatable bonds is 8. The Kier molecular flexibility index (Phi) is 7.53. The highest BCUT2D eigenvalue weighted by Crippen LogP contribution is 2.24. The molecule has 1 aliphatic heterocycles. The van der Waals surface area contributed by atoms with Crippen molar-refractivity contribution in [3.8, 4) is 0 Å². The molecular weight excluding hydrogens is 302 g/mol. The van der Waals surface area contributed by atoms with E-state index in [9.17, 15) is 4.79 Å². The maximum Gasteiger partial charge on any atom is 0.315 e. The molecule has 5 heteroatoms. The first-order valence-corrected chi connectivity index (χ1v) is 9.10. The zero-order valence-electron chi connectivity index (χ0n) is 14.9. The first kappa shape index (κ1) is 18.7. The van der Waals surface area contributed by atoms with Crippen molar-refractivity contribution in [1.82, 2.24) is 15.5 Å². The zero-order chi connectivity index (χ0) is 17.4. The Hall–Kier alpha value is -1.59. The lowest BCUT2D eigenvalue weighted by molar-refractivity contribution is 0.213. The number of amides is 2. The molecule has 3 N–H and O–H groups in total. The van der Waals surface area contributed by atoms with Gasteiger partial charge < -0.3 is 15.7 Å². The van der Waals surface area contributed by atoms with Gasteiger partial charge in [0.05, 0.1) is 6.04 Å². The highest BCUT2D eigenvalue weighted by molar-refractivity contribution is 5.74. The number of aliphatic hydroxyl groups is 1. The molecule has 1 aromatic carbocycles. The van der Waals surface area contributed by atoms with Crippen molar-refractivity contribution >= 4 is 6.03 Å². The van der Waals surface area contributed by atoms with Gasteiger partial charge >= 0.3 is 6.03 Å². The Morgan fingerprint density at radius 3 is 2.50 bits per heavy atom. The first-order chi connectivity index (χ1) is 11.6. The van der Waals surface area contributed by atoms with Gasteiger partial charge in [-0.25, -0.2) is 4.79 Å². The summed E-state index contributed by atoms with van der Waals surface area (Å²) < 4.78 is 0. The third-order valence-corrected chi connectivity index (χ3v) is 4.81. The van der Waals surface area contributed by atoms with Crippen molar-refractivity contribution in [2.24, 2.45) is 0 Å². The quantitative estimate of drug-likeness (QED) is 0.685. The predicted octanol–water partition coefficient (Wildman–Crippen LogP) is 2.59. The normalized spacial score (nSPS) is 17.5. The molecule has 0 spiro atoms. The van der Waals surface area contributed by atoms with Gasteiger partial charge in [0.15, 0.2) is 0 Å². The number of aliphatic hydroxyl groups excluding tert-OH is 1. The number of hydrogen-bond donors (Lipinski definition) is 3. The number of carbonyl (C=O) groups is 1. The lowest BCUT2D eigenvalue weighted by Gasteiger charge is -2.28. The molecular formula is C19H31N3O2. The van der Waals surface area contributed by atoms with E-state index >= 15 is 0 Å². The van der Waals surface area contributed by atoms with E-state index in [-0.39, 0.29) is 24.7 Å². The Labute approximate surface area is 145 Å². The lowest BCUT2D eigenvalue weighted by Crippen LogP contribution is -2.45. The van der Waals surface area contributed by atoms with Crippen LogP contribution in [0.25, 0.3) is 0 Å². The van der Waals surface area contributed by atoms with E-state index in [0.29, 0.717) is 13.0 Å². The van der Waals surface area contributed by atoms with Crippen molar-refractivity contribution in [1.29, 1.82) is 0 Å². The van der Waals surface area contributed by atoms with Crippen molar-refractivity contribution in [2.75, 3.05) is 26.2 Å². The molecule has 0 aliphatic carbocycles. The maximum atomic E-state index is 12.2. The molecule has 2 rings (SSSR count). The average Bonchev–Trinajstić information content (AvgIpc) is 3.10. The number of urea groups is 1. The van der Waals surface area contributed by atoms with Crippen LogP contribution in [0.15, 0.2) is 24.3 Å². The second kappa shape index (κ2) is 9.64.